The lowest BCUT2D eigenvalue weighted by atomic mass is 9.87. The van der Waals surface area contributed by atoms with E-state index < -0.39 is 0 Å². The van der Waals surface area contributed by atoms with E-state index in [1.165, 1.54) is 22.0 Å². The second kappa shape index (κ2) is 8.44. The minimum atomic E-state index is -0.305. The number of hydrogen-bond donors (Lipinski definition) is 2. The van der Waals surface area contributed by atoms with Crippen LogP contribution in [0.3, 0.4) is 0 Å². The van der Waals surface area contributed by atoms with Gasteiger partial charge in [-0.05, 0) is 37.0 Å². The van der Waals surface area contributed by atoms with Crippen LogP contribution in [0.2, 0.25) is 0 Å². The van der Waals surface area contributed by atoms with Crippen molar-refractivity contribution in [1.29, 1.82) is 0 Å². The van der Waals surface area contributed by atoms with Gasteiger partial charge in [-0.2, -0.15) is 0 Å². The van der Waals surface area contributed by atoms with Gasteiger partial charge in [0.25, 0.3) is 0 Å². The minimum absolute atomic E-state index is 0.0581. The molecule has 0 unspecified atom stereocenters. The zero-order valence-corrected chi connectivity index (χ0v) is 16.8. The van der Waals surface area contributed by atoms with Gasteiger partial charge in [0.05, 0.1) is 5.25 Å². The Hall–Kier alpha value is -2.22. The van der Waals surface area contributed by atoms with Gasteiger partial charge in [-0.1, -0.05) is 44.7 Å². The fraction of sp³-hybridized carbons (Fsp3) is 0.500. The maximum atomic E-state index is 11.8. The van der Waals surface area contributed by atoms with Gasteiger partial charge in [0.15, 0.2) is 5.82 Å². The Balaban J connectivity index is 1.97. The molecule has 0 radical (unpaired) electrons. The minimum Gasteiger partial charge on any atom is -0.486 e. The number of benzene rings is 1. The Labute approximate surface area is 158 Å². The third-order valence-corrected chi connectivity index (χ3v) is 4.88. The van der Waals surface area contributed by atoms with E-state index in [1.54, 1.807) is 6.92 Å². The number of nitrogens with one attached hydrogen (secondary N) is 1. The first-order valence-electron chi connectivity index (χ1n) is 8.59. The molecule has 1 aromatic carbocycles. The van der Waals surface area contributed by atoms with E-state index in [0.717, 1.165) is 5.75 Å². The molecule has 0 aliphatic carbocycles. The van der Waals surface area contributed by atoms with E-state index >= 15 is 0 Å². The van der Waals surface area contributed by atoms with Crippen LogP contribution in [-0.4, -0.2) is 32.6 Å². The van der Waals surface area contributed by atoms with Crippen LogP contribution in [0.4, 0.5) is 0 Å². The van der Waals surface area contributed by atoms with Crippen molar-refractivity contribution in [2.75, 3.05) is 12.4 Å². The average molecular weight is 378 g/mol. The molecule has 0 bridgehead atoms. The maximum Gasteiger partial charge on any atom is 0.233 e. The van der Waals surface area contributed by atoms with Gasteiger partial charge in [-0.25, -0.2) is 4.68 Å². The summed E-state index contributed by atoms with van der Waals surface area (Å²) in [7, 11) is 0. The molecule has 3 N–H and O–H groups in total. The molecule has 1 heterocycles. The normalized spacial score (nSPS) is 12.7. The lowest BCUT2D eigenvalue weighted by Crippen LogP contribution is -2.31. The molecule has 0 saturated carbocycles. The van der Waals surface area contributed by atoms with Gasteiger partial charge in [0.2, 0.25) is 11.1 Å². The van der Waals surface area contributed by atoms with Gasteiger partial charge in [0.1, 0.15) is 12.4 Å². The van der Waals surface area contributed by atoms with E-state index in [0.29, 0.717) is 17.5 Å². The first kappa shape index (κ1) is 20.1. The Bertz CT molecular complexity index is 737. The van der Waals surface area contributed by atoms with Crippen LogP contribution in [-0.2, 0) is 16.8 Å². The van der Waals surface area contributed by atoms with Gasteiger partial charge in [-0.15, -0.1) is 10.2 Å². The molecule has 1 aromatic heterocycles. The number of amides is 1. The van der Waals surface area contributed by atoms with E-state index in [-0.39, 0.29) is 23.2 Å². The second-order valence-electron chi connectivity index (χ2n) is 6.99. The summed E-state index contributed by atoms with van der Waals surface area (Å²) < 4.78 is 7.12. The molecule has 0 aliphatic heterocycles. The summed E-state index contributed by atoms with van der Waals surface area (Å²) in [5.41, 5.74) is 1.34. The SMILES string of the molecule is CCNC(=O)[C@@H](C)Sc1nnc(COc2ccc(C(C)(C)C)cc2)n1N. The highest BCUT2D eigenvalue weighted by atomic mass is 32.2. The van der Waals surface area contributed by atoms with Crippen LogP contribution in [0.25, 0.3) is 0 Å². The van der Waals surface area contributed by atoms with Gasteiger partial charge in [-0.3, -0.25) is 4.79 Å². The third-order valence-electron chi connectivity index (χ3n) is 3.83. The quantitative estimate of drug-likeness (QED) is 0.569. The summed E-state index contributed by atoms with van der Waals surface area (Å²) >= 11 is 1.26. The van der Waals surface area contributed by atoms with Gasteiger partial charge < -0.3 is 15.9 Å². The Morgan fingerprint density at radius 2 is 1.96 bits per heavy atom. The fourth-order valence-corrected chi connectivity index (χ4v) is 3.03. The maximum absolute atomic E-state index is 11.8. The summed E-state index contributed by atoms with van der Waals surface area (Å²) in [5, 5.41) is 11.0. The van der Waals surface area contributed by atoms with Crippen LogP contribution in [0.1, 0.15) is 46.0 Å². The summed E-state index contributed by atoms with van der Waals surface area (Å²) in [5.74, 6) is 7.21. The number of ether oxygens (including phenoxy) is 1. The van der Waals surface area contributed by atoms with Crippen LogP contribution in [0, 0.1) is 0 Å². The van der Waals surface area contributed by atoms with E-state index in [2.05, 4.69) is 48.4 Å². The number of nitrogens with zero attached hydrogens (tertiary/aromatic N) is 3. The number of thioether (sulfide) groups is 1. The van der Waals surface area contributed by atoms with E-state index in [1.807, 2.05) is 19.1 Å². The number of aromatic nitrogens is 3. The zero-order valence-electron chi connectivity index (χ0n) is 15.9. The number of nitrogens with two attached hydrogens (primary N) is 1. The molecule has 0 fully saturated rings. The first-order chi connectivity index (χ1) is 12.2. The van der Waals surface area contributed by atoms with Crippen molar-refractivity contribution in [3.63, 3.8) is 0 Å². The van der Waals surface area contributed by atoms with Crippen LogP contribution in [0.5, 0.6) is 5.75 Å². The molecule has 1 atom stereocenters. The molecule has 2 aromatic rings. The molecule has 26 heavy (non-hydrogen) atoms. The molecule has 0 saturated heterocycles. The van der Waals surface area contributed by atoms with Crippen molar-refractivity contribution >= 4 is 17.7 Å². The fourth-order valence-electron chi connectivity index (χ4n) is 2.21. The third kappa shape index (κ3) is 5.14. The summed E-state index contributed by atoms with van der Waals surface area (Å²) in [4.78, 5) is 11.8. The molecule has 8 heteroatoms. The molecule has 142 valence electrons. The van der Waals surface area contributed by atoms with Crippen molar-refractivity contribution in [2.45, 2.75) is 57.0 Å². The number of hydrogen-bond acceptors (Lipinski definition) is 6. The van der Waals surface area contributed by atoms with Gasteiger partial charge >= 0.3 is 0 Å². The van der Waals surface area contributed by atoms with E-state index in [9.17, 15) is 4.79 Å². The highest BCUT2D eigenvalue weighted by Gasteiger charge is 2.19. The predicted octanol–water partition coefficient (Wildman–Crippen LogP) is 2.49. The average Bonchev–Trinajstić information content (AvgIpc) is 2.93. The molecular formula is C18H27N5O2S. The van der Waals surface area contributed by atoms with Crippen molar-refractivity contribution in [2.24, 2.45) is 0 Å². The molecule has 0 aliphatic rings. The first-order valence-corrected chi connectivity index (χ1v) is 9.47. The topological polar surface area (TPSA) is 95.1 Å². The molecule has 0 spiro atoms. The number of rotatable bonds is 7. The second-order valence-corrected chi connectivity index (χ2v) is 8.29. The van der Waals surface area contributed by atoms with E-state index in [4.69, 9.17) is 10.6 Å². The van der Waals surface area contributed by atoms with Crippen molar-refractivity contribution < 1.29 is 9.53 Å². The number of carbonyl (C=O) groups is 1. The molecule has 7 nitrogen and oxygen atoms in total. The Kier molecular flexibility index (Phi) is 6.52. The largest absolute Gasteiger partial charge is 0.486 e. The predicted molar refractivity (Wildman–Crippen MR) is 104 cm³/mol. The van der Waals surface area contributed by atoms with Crippen molar-refractivity contribution in [3.8, 4) is 5.75 Å². The summed E-state index contributed by atoms with van der Waals surface area (Å²) in [6.45, 7) is 11.0. The van der Waals surface area contributed by atoms with Crippen LogP contribution < -0.4 is 15.9 Å². The van der Waals surface area contributed by atoms with Gasteiger partial charge in [0, 0.05) is 6.54 Å². The Morgan fingerprint density at radius 3 is 2.54 bits per heavy atom. The standard InChI is InChI=1S/C18H27N5O2S/c1-6-20-16(24)12(2)26-17-22-21-15(23(17)19)11-25-14-9-7-13(8-10-14)18(3,4)5/h7-10,12H,6,11,19H2,1-5H3,(H,20,24)/t12-/m1/s1. The van der Waals surface area contributed by atoms with Crippen LogP contribution >= 0.6 is 11.8 Å². The van der Waals surface area contributed by atoms with Crippen molar-refractivity contribution in [1.82, 2.24) is 20.2 Å². The van der Waals surface area contributed by atoms with Crippen molar-refractivity contribution in [3.05, 3.63) is 35.7 Å². The number of nitrogen functional groups attached to an aromatic ring is 1. The summed E-state index contributed by atoms with van der Waals surface area (Å²) in [6.07, 6.45) is 0. The highest BCUT2D eigenvalue weighted by molar-refractivity contribution is 8.00. The highest BCUT2D eigenvalue weighted by Crippen LogP contribution is 2.25. The molecular weight excluding hydrogens is 350 g/mol. The molecule has 2 rings (SSSR count). The zero-order chi connectivity index (χ0) is 19.3. The van der Waals surface area contributed by atoms with Crippen LogP contribution in [0.15, 0.2) is 29.4 Å². The lowest BCUT2D eigenvalue weighted by Gasteiger charge is -2.19. The smallest absolute Gasteiger partial charge is 0.233 e. The lowest BCUT2D eigenvalue weighted by molar-refractivity contribution is -0.120. The molecule has 1 amide bonds. The Morgan fingerprint density at radius 1 is 1.31 bits per heavy atom. The number of carbonyl (C=O) groups excluding carboxylic acids is 1. The summed E-state index contributed by atoms with van der Waals surface area (Å²) in [6, 6.07) is 7.98. The monoisotopic (exact) mass is 377 g/mol.